The maximum Gasteiger partial charge on any atom is 0.165 e. The number of nitrogens with zero attached hydrogens (tertiary/aromatic N) is 1. The van der Waals surface area contributed by atoms with Crippen molar-refractivity contribution in [3.63, 3.8) is 0 Å². The Balaban J connectivity index is 1.54. The first-order valence-electron chi connectivity index (χ1n) is 9.39. The number of aryl methyl sites for hydroxylation is 2. The van der Waals surface area contributed by atoms with E-state index in [4.69, 9.17) is 4.74 Å². The molecule has 1 aliphatic carbocycles. The molecule has 136 valence electrons. The minimum atomic E-state index is -0.288. The summed E-state index contributed by atoms with van der Waals surface area (Å²) in [5.41, 5.74) is 5.02. The normalized spacial score (nSPS) is 16.2. The lowest BCUT2D eigenvalue weighted by Gasteiger charge is -2.14. The summed E-state index contributed by atoms with van der Waals surface area (Å²) in [6.07, 6.45) is 5.23. The topological polar surface area (TPSA) is 26.2 Å². The molecular formula is C22H25FN2O. The van der Waals surface area contributed by atoms with Crippen LogP contribution in [0.5, 0.6) is 5.75 Å². The van der Waals surface area contributed by atoms with Crippen LogP contribution in [0.1, 0.15) is 36.1 Å². The number of benzene rings is 2. The van der Waals surface area contributed by atoms with Crippen LogP contribution in [0, 0.1) is 5.82 Å². The number of fused-ring (bicyclic) bond motifs is 2. The summed E-state index contributed by atoms with van der Waals surface area (Å²) in [4.78, 5) is 0. The SMILES string of the molecule is CCOc1c(F)ccc2c1c(CCNC1CCc3ccccc31)cn2C. The Morgan fingerprint density at radius 3 is 2.92 bits per heavy atom. The Morgan fingerprint density at radius 1 is 1.23 bits per heavy atom. The van der Waals surface area contributed by atoms with Crippen LogP contribution >= 0.6 is 0 Å². The van der Waals surface area contributed by atoms with Gasteiger partial charge in [-0.1, -0.05) is 24.3 Å². The Hall–Kier alpha value is -2.33. The van der Waals surface area contributed by atoms with Gasteiger partial charge in [-0.05, 0) is 61.6 Å². The second-order valence-electron chi connectivity index (χ2n) is 6.96. The van der Waals surface area contributed by atoms with E-state index in [0.29, 0.717) is 18.4 Å². The summed E-state index contributed by atoms with van der Waals surface area (Å²) in [5, 5.41) is 4.59. The van der Waals surface area contributed by atoms with E-state index >= 15 is 0 Å². The van der Waals surface area contributed by atoms with E-state index in [1.165, 1.54) is 17.2 Å². The Kier molecular flexibility index (Phi) is 4.68. The Morgan fingerprint density at radius 2 is 2.08 bits per heavy atom. The molecule has 0 amide bonds. The van der Waals surface area contributed by atoms with Crippen molar-refractivity contribution >= 4 is 10.9 Å². The number of nitrogens with one attached hydrogen (secondary N) is 1. The smallest absolute Gasteiger partial charge is 0.165 e. The molecule has 1 aromatic heterocycles. The second kappa shape index (κ2) is 7.12. The monoisotopic (exact) mass is 352 g/mol. The molecule has 1 atom stereocenters. The molecule has 0 saturated carbocycles. The molecule has 4 heteroatoms. The molecule has 1 unspecified atom stereocenters. The zero-order chi connectivity index (χ0) is 18.1. The molecule has 4 rings (SSSR count). The first kappa shape index (κ1) is 17.1. The third kappa shape index (κ3) is 2.99. The van der Waals surface area contributed by atoms with Crippen molar-refractivity contribution in [2.24, 2.45) is 7.05 Å². The molecule has 1 heterocycles. The van der Waals surface area contributed by atoms with Crippen LogP contribution in [-0.2, 0) is 19.9 Å². The highest BCUT2D eigenvalue weighted by Crippen LogP contribution is 2.34. The van der Waals surface area contributed by atoms with Crippen LogP contribution in [0.25, 0.3) is 10.9 Å². The highest BCUT2D eigenvalue weighted by atomic mass is 19.1. The molecule has 3 nitrogen and oxygen atoms in total. The van der Waals surface area contributed by atoms with Gasteiger partial charge in [0.15, 0.2) is 11.6 Å². The van der Waals surface area contributed by atoms with Gasteiger partial charge in [0.2, 0.25) is 0 Å². The van der Waals surface area contributed by atoms with Gasteiger partial charge in [-0.2, -0.15) is 0 Å². The van der Waals surface area contributed by atoms with Gasteiger partial charge < -0.3 is 14.6 Å². The first-order chi connectivity index (χ1) is 12.7. The maximum absolute atomic E-state index is 14.3. The highest BCUT2D eigenvalue weighted by molar-refractivity contribution is 5.90. The van der Waals surface area contributed by atoms with E-state index in [1.54, 1.807) is 0 Å². The standard InChI is InChI=1S/C22H25FN2O/c1-3-26-22-18(23)9-11-20-21(22)16(14-25(20)2)12-13-24-19-10-8-15-6-4-5-7-17(15)19/h4-7,9,11,14,19,24H,3,8,10,12-13H2,1-2H3. The molecule has 0 aliphatic heterocycles. The van der Waals surface area contributed by atoms with E-state index in [1.807, 2.05) is 20.0 Å². The quantitative estimate of drug-likeness (QED) is 0.705. The molecule has 2 aromatic carbocycles. The van der Waals surface area contributed by atoms with Crippen LogP contribution in [0.4, 0.5) is 4.39 Å². The molecule has 0 radical (unpaired) electrons. The number of rotatable bonds is 6. The fourth-order valence-electron chi connectivity index (χ4n) is 4.14. The number of aromatic nitrogens is 1. The van der Waals surface area contributed by atoms with E-state index in [9.17, 15) is 4.39 Å². The maximum atomic E-state index is 14.3. The molecule has 0 bridgehead atoms. The summed E-state index contributed by atoms with van der Waals surface area (Å²) in [6.45, 7) is 3.21. The van der Waals surface area contributed by atoms with Crippen molar-refractivity contribution in [3.05, 3.63) is 65.1 Å². The first-order valence-corrected chi connectivity index (χ1v) is 9.39. The molecule has 1 N–H and O–H groups in total. The van der Waals surface area contributed by atoms with Gasteiger partial charge in [-0.15, -0.1) is 0 Å². The van der Waals surface area contributed by atoms with E-state index in [-0.39, 0.29) is 5.82 Å². The van der Waals surface area contributed by atoms with Gasteiger partial charge in [0, 0.05) is 24.7 Å². The molecule has 0 fully saturated rings. The number of hydrogen-bond donors (Lipinski definition) is 1. The van der Waals surface area contributed by atoms with E-state index in [2.05, 4.69) is 40.3 Å². The molecule has 26 heavy (non-hydrogen) atoms. The summed E-state index contributed by atoms with van der Waals surface area (Å²) in [5.74, 6) is 0.0938. The zero-order valence-electron chi connectivity index (χ0n) is 15.4. The summed E-state index contributed by atoms with van der Waals surface area (Å²) >= 11 is 0. The third-order valence-corrected chi connectivity index (χ3v) is 5.34. The lowest BCUT2D eigenvalue weighted by Crippen LogP contribution is -2.21. The van der Waals surface area contributed by atoms with Gasteiger partial charge in [0.05, 0.1) is 12.1 Å². The fourth-order valence-corrected chi connectivity index (χ4v) is 4.14. The van der Waals surface area contributed by atoms with Crippen molar-refractivity contribution in [1.82, 2.24) is 9.88 Å². The summed E-state index contributed by atoms with van der Waals surface area (Å²) in [7, 11) is 2.00. The predicted molar refractivity (Wildman–Crippen MR) is 103 cm³/mol. The summed E-state index contributed by atoms with van der Waals surface area (Å²) < 4.78 is 22.0. The highest BCUT2D eigenvalue weighted by Gasteiger charge is 2.21. The lowest BCUT2D eigenvalue weighted by atomic mass is 10.1. The fraction of sp³-hybridized carbons (Fsp3) is 0.364. The van der Waals surface area contributed by atoms with E-state index < -0.39 is 0 Å². The number of hydrogen-bond acceptors (Lipinski definition) is 2. The van der Waals surface area contributed by atoms with Crippen molar-refractivity contribution in [2.75, 3.05) is 13.2 Å². The number of halogens is 1. The van der Waals surface area contributed by atoms with Crippen LogP contribution < -0.4 is 10.1 Å². The van der Waals surface area contributed by atoms with E-state index in [0.717, 1.165) is 42.3 Å². The van der Waals surface area contributed by atoms with Crippen LogP contribution in [-0.4, -0.2) is 17.7 Å². The average Bonchev–Trinajstić information content (AvgIpc) is 3.19. The Bertz CT molecular complexity index is 931. The van der Waals surface area contributed by atoms with Crippen LogP contribution in [0.3, 0.4) is 0 Å². The van der Waals surface area contributed by atoms with Gasteiger partial charge in [0.1, 0.15) is 0 Å². The van der Waals surface area contributed by atoms with Gasteiger partial charge >= 0.3 is 0 Å². The van der Waals surface area contributed by atoms with Crippen molar-refractivity contribution in [1.29, 1.82) is 0 Å². The molecule has 1 aliphatic rings. The molecule has 0 spiro atoms. The Labute approximate surface area is 153 Å². The predicted octanol–water partition coefficient (Wildman–Crippen LogP) is 4.54. The van der Waals surface area contributed by atoms with Crippen LogP contribution in [0.15, 0.2) is 42.6 Å². The average molecular weight is 352 g/mol. The van der Waals surface area contributed by atoms with Gasteiger partial charge in [-0.3, -0.25) is 0 Å². The van der Waals surface area contributed by atoms with Crippen molar-refractivity contribution in [3.8, 4) is 5.75 Å². The molecule has 3 aromatic rings. The minimum absolute atomic E-state index is 0.288. The lowest BCUT2D eigenvalue weighted by molar-refractivity contribution is 0.326. The minimum Gasteiger partial charge on any atom is -0.490 e. The zero-order valence-corrected chi connectivity index (χ0v) is 15.4. The van der Waals surface area contributed by atoms with Gasteiger partial charge in [0.25, 0.3) is 0 Å². The van der Waals surface area contributed by atoms with Gasteiger partial charge in [-0.25, -0.2) is 4.39 Å². The van der Waals surface area contributed by atoms with Crippen molar-refractivity contribution in [2.45, 2.75) is 32.2 Å². The second-order valence-corrected chi connectivity index (χ2v) is 6.96. The largest absolute Gasteiger partial charge is 0.490 e. The number of ether oxygens (including phenoxy) is 1. The van der Waals surface area contributed by atoms with Crippen molar-refractivity contribution < 1.29 is 9.13 Å². The van der Waals surface area contributed by atoms with Crippen LogP contribution in [0.2, 0.25) is 0 Å². The third-order valence-electron chi connectivity index (χ3n) is 5.34. The summed E-state index contributed by atoms with van der Waals surface area (Å²) in [6, 6.07) is 12.4. The molecular weight excluding hydrogens is 327 g/mol. The molecule has 0 saturated heterocycles.